The number of nitrogens with zero attached hydrogens (tertiary/aromatic N) is 2. The van der Waals surface area contributed by atoms with Crippen molar-refractivity contribution in [1.29, 1.82) is 0 Å². The number of anilines is 1. The van der Waals surface area contributed by atoms with Gasteiger partial charge in [-0.05, 0) is 49.7 Å². The molecule has 1 amide bonds. The number of rotatable bonds is 6. The Kier molecular flexibility index (Phi) is 6.79. The summed E-state index contributed by atoms with van der Waals surface area (Å²) in [7, 11) is -1.81. The fourth-order valence-electron chi connectivity index (χ4n) is 3.46. The number of hydrogen-bond donors (Lipinski definition) is 0. The van der Waals surface area contributed by atoms with E-state index in [9.17, 15) is 13.2 Å². The molecule has 0 bridgehead atoms. The number of carbonyl (C=O) groups is 1. The second-order valence-electron chi connectivity index (χ2n) is 7.30. The molecule has 0 N–H and O–H groups in total. The second kappa shape index (κ2) is 9.31. The maximum atomic E-state index is 12.6. The normalized spacial score (nSPS) is 15.1. The summed E-state index contributed by atoms with van der Waals surface area (Å²) in [6, 6.07) is 14.7. The lowest BCUT2D eigenvalue weighted by molar-refractivity contribution is -0.130. The summed E-state index contributed by atoms with van der Waals surface area (Å²) >= 11 is 0. The van der Waals surface area contributed by atoms with Crippen molar-refractivity contribution < 1.29 is 17.9 Å². The molecule has 29 heavy (non-hydrogen) atoms. The van der Waals surface area contributed by atoms with E-state index in [1.54, 1.807) is 36.3 Å². The molecule has 1 saturated heterocycles. The van der Waals surface area contributed by atoms with Crippen LogP contribution in [0.4, 0.5) is 5.69 Å². The van der Waals surface area contributed by atoms with Crippen LogP contribution in [0.25, 0.3) is 0 Å². The van der Waals surface area contributed by atoms with Crippen molar-refractivity contribution in [3.8, 4) is 5.75 Å². The number of methoxy groups -OCH3 is 1. The van der Waals surface area contributed by atoms with Gasteiger partial charge in [0, 0.05) is 38.3 Å². The maximum absolute atomic E-state index is 12.6. The lowest BCUT2D eigenvalue weighted by Crippen LogP contribution is -2.36. The molecular weight excluding hydrogens is 388 g/mol. The molecular formula is C22H28N2O4S. The molecule has 7 heteroatoms. The third kappa shape index (κ3) is 5.50. The molecule has 0 atom stereocenters. The van der Waals surface area contributed by atoms with Crippen LogP contribution < -0.4 is 9.64 Å². The molecule has 1 aliphatic rings. The third-order valence-corrected chi connectivity index (χ3v) is 6.98. The van der Waals surface area contributed by atoms with E-state index in [0.717, 1.165) is 36.5 Å². The number of benzene rings is 2. The molecule has 156 valence electrons. The summed E-state index contributed by atoms with van der Waals surface area (Å²) < 4.78 is 30.2. The molecule has 0 unspecified atom stereocenters. The van der Waals surface area contributed by atoms with Crippen LogP contribution in [0, 0.1) is 6.92 Å². The minimum absolute atomic E-state index is 0.0126. The van der Waals surface area contributed by atoms with Crippen molar-refractivity contribution in [2.75, 3.05) is 43.9 Å². The number of hydrogen-bond acceptors (Lipinski definition) is 5. The van der Waals surface area contributed by atoms with Crippen LogP contribution in [-0.4, -0.2) is 58.3 Å². The molecule has 2 aromatic rings. The first-order valence-corrected chi connectivity index (χ1v) is 11.5. The smallest absolute Gasteiger partial charge is 0.223 e. The zero-order valence-electron chi connectivity index (χ0n) is 17.0. The molecule has 0 saturated carbocycles. The lowest BCUT2D eigenvalue weighted by atomic mass is 10.2. The fourth-order valence-corrected chi connectivity index (χ4v) is 4.69. The Morgan fingerprint density at radius 2 is 1.66 bits per heavy atom. The van der Waals surface area contributed by atoms with Crippen LogP contribution in [0.5, 0.6) is 5.75 Å². The van der Waals surface area contributed by atoms with E-state index in [4.69, 9.17) is 4.74 Å². The molecule has 2 aromatic carbocycles. The van der Waals surface area contributed by atoms with Crippen LogP contribution in [0.1, 0.15) is 18.4 Å². The van der Waals surface area contributed by atoms with Crippen molar-refractivity contribution in [3.63, 3.8) is 0 Å². The van der Waals surface area contributed by atoms with Crippen LogP contribution >= 0.6 is 0 Å². The predicted octanol–water partition coefficient (Wildman–Crippen LogP) is 2.91. The fraction of sp³-hybridized carbons (Fsp3) is 0.409. The first kappa shape index (κ1) is 21.2. The van der Waals surface area contributed by atoms with Gasteiger partial charge < -0.3 is 14.5 Å². The number of amides is 1. The highest BCUT2D eigenvalue weighted by Crippen LogP contribution is 2.21. The van der Waals surface area contributed by atoms with Gasteiger partial charge in [-0.1, -0.05) is 17.7 Å². The van der Waals surface area contributed by atoms with Crippen LogP contribution in [-0.2, 0) is 14.6 Å². The second-order valence-corrected chi connectivity index (χ2v) is 9.41. The van der Waals surface area contributed by atoms with Crippen LogP contribution in [0.3, 0.4) is 0 Å². The molecule has 6 nitrogen and oxygen atoms in total. The van der Waals surface area contributed by atoms with E-state index in [2.05, 4.69) is 4.90 Å². The van der Waals surface area contributed by atoms with Crippen molar-refractivity contribution >= 4 is 21.4 Å². The van der Waals surface area contributed by atoms with E-state index in [1.165, 1.54) is 0 Å². The topological polar surface area (TPSA) is 66.9 Å². The van der Waals surface area contributed by atoms with E-state index in [-0.39, 0.29) is 23.0 Å². The summed E-state index contributed by atoms with van der Waals surface area (Å²) in [6.45, 7) is 4.74. The molecule has 0 aromatic heterocycles. The van der Waals surface area contributed by atoms with E-state index in [1.807, 2.05) is 31.2 Å². The Hall–Kier alpha value is -2.54. The van der Waals surface area contributed by atoms with Crippen LogP contribution in [0.15, 0.2) is 53.4 Å². The number of sulfone groups is 1. The van der Waals surface area contributed by atoms with Crippen molar-refractivity contribution in [1.82, 2.24) is 4.90 Å². The average molecular weight is 417 g/mol. The average Bonchev–Trinajstić information content (AvgIpc) is 2.99. The Labute approximate surface area is 173 Å². The molecule has 1 heterocycles. The minimum Gasteiger partial charge on any atom is -0.497 e. The van der Waals surface area contributed by atoms with Gasteiger partial charge in [0.1, 0.15) is 5.75 Å². The zero-order valence-corrected chi connectivity index (χ0v) is 17.8. The Balaban J connectivity index is 1.55. The summed E-state index contributed by atoms with van der Waals surface area (Å²) in [5, 5.41) is 0. The van der Waals surface area contributed by atoms with E-state index < -0.39 is 9.84 Å². The van der Waals surface area contributed by atoms with Gasteiger partial charge in [0.15, 0.2) is 9.84 Å². The SMILES string of the molecule is COc1ccc(N2CCCN(C(=O)CCS(=O)(=O)c3ccc(C)cc3)CC2)cc1. The van der Waals surface area contributed by atoms with Gasteiger partial charge in [0.25, 0.3) is 0 Å². The molecule has 0 radical (unpaired) electrons. The summed E-state index contributed by atoms with van der Waals surface area (Å²) in [4.78, 5) is 16.9. The lowest BCUT2D eigenvalue weighted by Gasteiger charge is -2.24. The maximum Gasteiger partial charge on any atom is 0.223 e. The van der Waals surface area contributed by atoms with E-state index >= 15 is 0 Å². The van der Waals surface area contributed by atoms with Gasteiger partial charge in [-0.15, -0.1) is 0 Å². The summed E-state index contributed by atoms with van der Waals surface area (Å²) in [5.41, 5.74) is 2.10. The van der Waals surface area contributed by atoms with Gasteiger partial charge >= 0.3 is 0 Å². The van der Waals surface area contributed by atoms with Crippen molar-refractivity contribution in [2.24, 2.45) is 0 Å². The van der Waals surface area contributed by atoms with E-state index in [0.29, 0.717) is 13.1 Å². The third-order valence-electron chi connectivity index (χ3n) is 5.25. The highest BCUT2D eigenvalue weighted by molar-refractivity contribution is 7.91. The van der Waals surface area contributed by atoms with Gasteiger partial charge in [0.05, 0.1) is 17.8 Å². The number of ether oxygens (including phenoxy) is 1. The van der Waals surface area contributed by atoms with Gasteiger partial charge in [-0.3, -0.25) is 4.79 Å². The van der Waals surface area contributed by atoms with Crippen LogP contribution in [0.2, 0.25) is 0 Å². The number of carbonyl (C=O) groups excluding carboxylic acids is 1. The molecule has 1 aliphatic heterocycles. The van der Waals surface area contributed by atoms with Gasteiger partial charge in [-0.25, -0.2) is 8.42 Å². The molecule has 0 aliphatic carbocycles. The quantitative estimate of drug-likeness (QED) is 0.724. The first-order chi connectivity index (χ1) is 13.9. The Morgan fingerprint density at radius 1 is 0.966 bits per heavy atom. The molecule has 3 rings (SSSR count). The first-order valence-electron chi connectivity index (χ1n) is 9.85. The largest absolute Gasteiger partial charge is 0.497 e. The Morgan fingerprint density at radius 3 is 2.31 bits per heavy atom. The molecule has 1 fully saturated rings. The summed E-state index contributed by atoms with van der Waals surface area (Å²) in [6.07, 6.45) is 0.862. The Bertz CT molecular complexity index is 924. The van der Waals surface area contributed by atoms with Crippen molar-refractivity contribution in [3.05, 3.63) is 54.1 Å². The van der Waals surface area contributed by atoms with Gasteiger partial charge in [0.2, 0.25) is 5.91 Å². The zero-order chi connectivity index (χ0) is 20.9. The van der Waals surface area contributed by atoms with Gasteiger partial charge in [-0.2, -0.15) is 0 Å². The highest BCUT2D eigenvalue weighted by atomic mass is 32.2. The monoisotopic (exact) mass is 416 g/mol. The summed E-state index contributed by atoms with van der Waals surface area (Å²) in [5.74, 6) is 0.556. The molecule has 0 spiro atoms. The number of aryl methyl sites for hydroxylation is 1. The standard InChI is InChI=1S/C22H28N2O4S/c1-18-4-10-21(11-5-18)29(26,27)17-12-22(25)24-14-3-13-23(15-16-24)19-6-8-20(28-2)9-7-19/h4-11H,3,12-17H2,1-2H3. The minimum atomic E-state index is -3.45. The predicted molar refractivity (Wildman–Crippen MR) is 114 cm³/mol. The highest BCUT2D eigenvalue weighted by Gasteiger charge is 2.22. The van der Waals surface area contributed by atoms with Crippen molar-refractivity contribution in [2.45, 2.75) is 24.7 Å².